The van der Waals surface area contributed by atoms with Crippen molar-refractivity contribution >= 4 is 0 Å². The molecule has 0 bridgehead atoms. The Hall–Kier alpha value is -2.52. The van der Waals surface area contributed by atoms with Gasteiger partial charge in [0.15, 0.2) is 12.4 Å². The second-order valence-electron chi connectivity index (χ2n) is 3.64. The lowest BCUT2D eigenvalue weighted by atomic mass is 10.2. The fraction of sp³-hybridized carbons (Fsp3) is 0.231. The van der Waals surface area contributed by atoms with E-state index in [9.17, 15) is 0 Å². The summed E-state index contributed by atoms with van der Waals surface area (Å²) in [6.07, 6.45) is 3.33. The summed E-state index contributed by atoms with van der Waals surface area (Å²) in [5.41, 5.74) is 1.52. The average Bonchev–Trinajstić information content (AvgIpc) is 2.46. The monoisotopic (exact) mass is 256 g/mol. The first kappa shape index (κ1) is 12.9. The number of nitriles is 1. The summed E-state index contributed by atoms with van der Waals surface area (Å²) in [5, 5.41) is 8.54. The van der Waals surface area contributed by atoms with Crippen molar-refractivity contribution in [1.82, 2.24) is 15.0 Å². The van der Waals surface area contributed by atoms with Crippen LogP contribution in [0.4, 0.5) is 0 Å². The first-order chi connectivity index (χ1) is 9.33. The standard InChI is InChI=1S/C13H12N4O2/c1-18-9-11-8-12(19-7-4-14)17-13(16-11)10-2-5-15-6-3-10/h2-3,5-6,8H,7,9H2,1H3. The first-order valence-electron chi connectivity index (χ1n) is 5.60. The lowest BCUT2D eigenvalue weighted by Gasteiger charge is -2.07. The Balaban J connectivity index is 2.37. The van der Waals surface area contributed by atoms with Crippen LogP contribution in [0.1, 0.15) is 5.69 Å². The lowest BCUT2D eigenvalue weighted by Crippen LogP contribution is -2.02. The number of pyridine rings is 1. The van der Waals surface area contributed by atoms with Crippen molar-refractivity contribution in [1.29, 1.82) is 5.26 Å². The second-order valence-corrected chi connectivity index (χ2v) is 3.64. The summed E-state index contributed by atoms with van der Waals surface area (Å²) in [5.74, 6) is 0.875. The van der Waals surface area contributed by atoms with Crippen LogP contribution in [0.2, 0.25) is 0 Å². The van der Waals surface area contributed by atoms with Crippen molar-refractivity contribution in [3.63, 3.8) is 0 Å². The van der Waals surface area contributed by atoms with E-state index >= 15 is 0 Å². The van der Waals surface area contributed by atoms with E-state index in [4.69, 9.17) is 14.7 Å². The van der Waals surface area contributed by atoms with E-state index in [1.807, 2.05) is 6.07 Å². The fourth-order valence-corrected chi connectivity index (χ4v) is 1.50. The van der Waals surface area contributed by atoms with Gasteiger partial charge in [0.1, 0.15) is 6.07 Å². The molecule has 0 aliphatic heterocycles. The molecule has 0 aliphatic rings. The molecular weight excluding hydrogens is 244 g/mol. The van der Waals surface area contributed by atoms with Crippen LogP contribution < -0.4 is 4.74 Å². The molecule has 0 atom stereocenters. The molecule has 6 nitrogen and oxygen atoms in total. The molecule has 0 fully saturated rings. The third-order valence-electron chi connectivity index (χ3n) is 2.27. The maximum atomic E-state index is 8.54. The van der Waals surface area contributed by atoms with Gasteiger partial charge in [0.05, 0.1) is 12.3 Å². The minimum absolute atomic E-state index is 0.0563. The predicted octanol–water partition coefficient (Wildman–Crippen LogP) is 1.59. The highest BCUT2D eigenvalue weighted by molar-refractivity contribution is 5.54. The Labute approximate surface area is 110 Å². The molecule has 2 aromatic rings. The first-order valence-corrected chi connectivity index (χ1v) is 5.60. The smallest absolute Gasteiger partial charge is 0.218 e. The zero-order valence-corrected chi connectivity index (χ0v) is 10.4. The zero-order chi connectivity index (χ0) is 13.5. The van der Waals surface area contributed by atoms with Crippen LogP contribution in [-0.4, -0.2) is 28.7 Å². The molecule has 6 heteroatoms. The molecule has 0 saturated heterocycles. The molecule has 0 radical (unpaired) electrons. The third-order valence-corrected chi connectivity index (χ3v) is 2.27. The molecule has 0 unspecified atom stereocenters. The highest BCUT2D eigenvalue weighted by Crippen LogP contribution is 2.18. The maximum absolute atomic E-state index is 8.54. The SMILES string of the molecule is COCc1cc(OCC#N)nc(-c2ccncc2)n1. The zero-order valence-electron chi connectivity index (χ0n) is 10.4. The molecule has 2 aromatic heterocycles. The molecule has 96 valence electrons. The van der Waals surface area contributed by atoms with Gasteiger partial charge in [-0.1, -0.05) is 0 Å². The molecule has 0 spiro atoms. The maximum Gasteiger partial charge on any atom is 0.218 e. The van der Waals surface area contributed by atoms with E-state index in [1.165, 1.54) is 0 Å². The summed E-state index contributed by atoms with van der Waals surface area (Å²) in [6.45, 7) is 0.294. The van der Waals surface area contributed by atoms with Crippen LogP contribution >= 0.6 is 0 Å². The summed E-state index contributed by atoms with van der Waals surface area (Å²) in [7, 11) is 1.59. The number of aromatic nitrogens is 3. The summed E-state index contributed by atoms with van der Waals surface area (Å²) in [4.78, 5) is 12.6. The van der Waals surface area contributed by atoms with Gasteiger partial charge in [-0.2, -0.15) is 10.2 Å². The van der Waals surface area contributed by atoms with Gasteiger partial charge in [0.2, 0.25) is 5.88 Å². The van der Waals surface area contributed by atoms with Gasteiger partial charge in [-0.25, -0.2) is 4.98 Å². The third kappa shape index (κ3) is 3.47. The van der Waals surface area contributed by atoms with Crippen molar-refractivity contribution in [2.75, 3.05) is 13.7 Å². The molecule has 0 aliphatic carbocycles. The molecule has 2 rings (SSSR count). The van der Waals surface area contributed by atoms with Crippen LogP contribution in [0.5, 0.6) is 5.88 Å². The van der Waals surface area contributed by atoms with Gasteiger partial charge in [-0.15, -0.1) is 0 Å². The minimum atomic E-state index is -0.0563. The van der Waals surface area contributed by atoms with Crippen molar-refractivity contribution < 1.29 is 9.47 Å². The minimum Gasteiger partial charge on any atom is -0.462 e. The Morgan fingerprint density at radius 2 is 2.05 bits per heavy atom. The van der Waals surface area contributed by atoms with Gasteiger partial charge in [-0.05, 0) is 12.1 Å². The van der Waals surface area contributed by atoms with Gasteiger partial charge in [0.25, 0.3) is 0 Å². The van der Waals surface area contributed by atoms with E-state index in [0.29, 0.717) is 24.0 Å². The topological polar surface area (TPSA) is 80.9 Å². The summed E-state index contributed by atoms with van der Waals surface area (Å²) >= 11 is 0. The quantitative estimate of drug-likeness (QED) is 0.808. The average molecular weight is 256 g/mol. The molecule has 0 amide bonds. The van der Waals surface area contributed by atoms with E-state index in [2.05, 4.69) is 15.0 Å². The largest absolute Gasteiger partial charge is 0.462 e. The number of methoxy groups -OCH3 is 1. The summed E-state index contributed by atoms with van der Waals surface area (Å²) < 4.78 is 10.3. The van der Waals surface area contributed by atoms with Crippen molar-refractivity contribution in [3.05, 3.63) is 36.3 Å². The van der Waals surface area contributed by atoms with Crippen LogP contribution in [-0.2, 0) is 11.3 Å². The molecule has 0 N–H and O–H groups in total. The molecule has 0 saturated carbocycles. The Bertz CT molecular complexity index is 581. The second kappa shape index (κ2) is 6.42. The normalized spacial score (nSPS) is 9.89. The predicted molar refractivity (Wildman–Crippen MR) is 67.1 cm³/mol. The lowest BCUT2D eigenvalue weighted by molar-refractivity contribution is 0.181. The van der Waals surface area contributed by atoms with Gasteiger partial charge >= 0.3 is 0 Å². The highest BCUT2D eigenvalue weighted by atomic mass is 16.5. The number of hydrogen-bond donors (Lipinski definition) is 0. The number of ether oxygens (including phenoxy) is 2. The van der Waals surface area contributed by atoms with Crippen LogP contribution in [0, 0.1) is 11.3 Å². The van der Waals surface area contributed by atoms with E-state index in [-0.39, 0.29) is 6.61 Å². The van der Waals surface area contributed by atoms with Gasteiger partial charge in [-0.3, -0.25) is 4.98 Å². The number of hydrogen-bond acceptors (Lipinski definition) is 6. The Morgan fingerprint density at radius 3 is 2.74 bits per heavy atom. The van der Waals surface area contributed by atoms with E-state index in [1.54, 1.807) is 37.7 Å². The molecule has 19 heavy (non-hydrogen) atoms. The van der Waals surface area contributed by atoms with Gasteiger partial charge < -0.3 is 9.47 Å². The van der Waals surface area contributed by atoms with Gasteiger partial charge in [0, 0.05) is 31.1 Å². The van der Waals surface area contributed by atoms with Crippen molar-refractivity contribution in [2.45, 2.75) is 6.61 Å². The Kier molecular flexibility index (Phi) is 4.37. The molecular formula is C13H12N4O2. The number of rotatable bonds is 5. The van der Waals surface area contributed by atoms with Crippen molar-refractivity contribution in [2.24, 2.45) is 0 Å². The molecule has 0 aromatic carbocycles. The van der Waals surface area contributed by atoms with E-state index < -0.39 is 0 Å². The Morgan fingerprint density at radius 1 is 1.26 bits per heavy atom. The highest BCUT2D eigenvalue weighted by Gasteiger charge is 2.07. The van der Waals surface area contributed by atoms with Crippen LogP contribution in [0.3, 0.4) is 0 Å². The number of nitrogens with zero attached hydrogens (tertiary/aromatic N) is 4. The summed E-state index contributed by atoms with van der Waals surface area (Å²) in [6, 6.07) is 7.17. The van der Waals surface area contributed by atoms with Crippen LogP contribution in [0.15, 0.2) is 30.6 Å². The van der Waals surface area contributed by atoms with Crippen LogP contribution in [0.25, 0.3) is 11.4 Å². The molecule has 2 heterocycles. The fourth-order valence-electron chi connectivity index (χ4n) is 1.50. The van der Waals surface area contributed by atoms with Crippen molar-refractivity contribution in [3.8, 4) is 23.3 Å². The van der Waals surface area contributed by atoms with E-state index in [0.717, 1.165) is 5.56 Å².